The van der Waals surface area contributed by atoms with Crippen LogP contribution in [0.3, 0.4) is 0 Å². The number of amides is 2. The van der Waals surface area contributed by atoms with Gasteiger partial charge in [-0.3, -0.25) is 9.59 Å². The average Bonchev–Trinajstić information content (AvgIpc) is 2.47. The molecule has 5 nitrogen and oxygen atoms in total. The third-order valence-electron chi connectivity index (χ3n) is 3.84. The summed E-state index contributed by atoms with van der Waals surface area (Å²) in [6.45, 7) is 4.89. The van der Waals surface area contributed by atoms with Crippen LogP contribution in [-0.4, -0.2) is 41.0 Å². The van der Waals surface area contributed by atoms with Crippen LogP contribution < -0.4 is 5.32 Å². The summed E-state index contributed by atoms with van der Waals surface area (Å²) in [4.78, 5) is 25.9. The number of nitrogens with one attached hydrogen (secondary N) is 1. The molecule has 0 aromatic heterocycles. The zero-order chi connectivity index (χ0) is 16.3. The zero-order valence-corrected chi connectivity index (χ0v) is 14.4. The monoisotopic (exact) mass is 368 g/mol. The van der Waals surface area contributed by atoms with Crippen LogP contribution in [0.5, 0.6) is 5.75 Å². The van der Waals surface area contributed by atoms with Crippen LogP contribution in [0, 0.1) is 5.92 Å². The Kier molecular flexibility index (Phi) is 5.45. The molecule has 1 fully saturated rings. The molecule has 0 atom stereocenters. The maximum Gasteiger partial charge on any atom is 0.257 e. The number of piperidine rings is 1. The number of carbonyl (C=O) groups excluding carboxylic acids is 2. The van der Waals surface area contributed by atoms with Crippen molar-refractivity contribution in [3.05, 3.63) is 28.2 Å². The summed E-state index contributed by atoms with van der Waals surface area (Å²) in [5, 5.41) is 12.9. The lowest BCUT2D eigenvalue weighted by Gasteiger charge is -2.33. The Labute approximate surface area is 138 Å². The number of likely N-dealkylation sites (tertiary alicyclic amines) is 1. The minimum Gasteiger partial charge on any atom is -0.507 e. The summed E-state index contributed by atoms with van der Waals surface area (Å²) in [5.74, 6) is -0.164. The Hall–Kier alpha value is -1.56. The summed E-state index contributed by atoms with van der Waals surface area (Å²) in [7, 11) is 0. The highest BCUT2D eigenvalue weighted by molar-refractivity contribution is 9.10. The third-order valence-corrected chi connectivity index (χ3v) is 4.34. The van der Waals surface area contributed by atoms with E-state index in [2.05, 4.69) is 21.2 Å². The summed E-state index contributed by atoms with van der Waals surface area (Å²) in [5.41, 5.74) is 0.313. The van der Waals surface area contributed by atoms with Crippen molar-refractivity contribution in [2.24, 2.45) is 5.92 Å². The van der Waals surface area contributed by atoms with E-state index in [0.29, 0.717) is 18.7 Å². The number of halogens is 1. The van der Waals surface area contributed by atoms with Crippen LogP contribution in [0.4, 0.5) is 0 Å². The summed E-state index contributed by atoms with van der Waals surface area (Å²) in [6, 6.07) is 5.00. The Morgan fingerprint density at radius 3 is 2.50 bits per heavy atom. The number of rotatable bonds is 3. The van der Waals surface area contributed by atoms with Gasteiger partial charge in [0.2, 0.25) is 5.91 Å². The molecule has 0 radical (unpaired) electrons. The Morgan fingerprint density at radius 1 is 1.32 bits per heavy atom. The number of nitrogens with zero attached hydrogens (tertiary/aromatic N) is 1. The fraction of sp³-hybridized carbons (Fsp3) is 0.500. The zero-order valence-electron chi connectivity index (χ0n) is 12.8. The van der Waals surface area contributed by atoms with Gasteiger partial charge in [-0.05, 0) is 31.0 Å². The van der Waals surface area contributed by atoms with Gasteiger partial charge in [0.15, 0.2) is 0 Å². The molecule has 0 aliphatic carbocycles. The van der Waals surface area contributed by atoms with Gasteiger partial charge in [-0.2, -0.15) is 0 Å². The number of phenolic OH excluding ortho intramolecular Hbond substituents is 1. The minimum absolute atomic E-state index is 0.0189. The second-order valence-electron chi connectivity index (χ2n) is 5.89. The van der Waals surface area contributed by atoms with E-state index in [1.807, 2.05) is 13.8 Å². The topological polar surface area (TPSA) is 69.6 Å². The van der Waals surface area contributed by atoms with Crippen molar-refractivity contribution >= 4 is 27.7 Å². The molecule has 1 heterocycles. The lowest BCUT2D eigenvalue weighted by atomic mass is 10.0. The number of phenols is 1. The molecular weight excluding hydrogens is 348 g/mol. The smallest absolute Gasteiger partial charge is 0.257 e. The van der Waals surface area contributed by atoms with Gasteiger partial charge in [-0.25, -0.2) is 0 Å². The molecular formula is C16H21BrN2O3. The molecule has 1 aliphatic heterocycles. The Bertz CT molecular complexity index is 567. The molecule has 1 aromatic rings. The highest BCUT2D eigenvalue weighted by Gasteiger charge is 2.26. The van der Waals surface area contributed by atoms with Gasteiger partial charge in [-0.1, -0.05) is 29.8 Å². The largest absolute Gasteiger partial charge is 0.507 e. The SMILES string of the molecule is CC(C)C(=O)NC1CCN(C(=O)c2ccc(Br)cc2O)CC1. The van der Waals surface area contributed by atoms with E-state index in [0.717, 1.165) is 17.3 Å². The van der Waals surface area contributed by atoms with Crippen molar-refractivity contribution < 1.29 is 14.7 Å². The summed E-state index contributed by atoms with van der Waals surface area (Å²) < 4.78 is 0.733. The van der Waals surface area contributed by atoms with Gasteiger partial charge in [0.1, 0.15) is 5.75 Å². The molecule has 1 aliphatic rings. The minimum atomic E-state index is -0.168. The van der Waals surface area contributed by atoms with E-state index in [4.69, 9.17) is 0 Å². The van der Waals surface area contributed by atoms with Gasteiger partial charge >= 0.3 is 0 Å². The average molecular weight is 369 g/mol. The van der Waals surface area contributed by atoms with Crippen molar-refractivity contribution in [1.29, 1.82) is 0 Å². The van der Waals surface area contributed by atoms with Crippen molar-refractivity contribution in [2.45, 2.75) is 32.7 Å². The highest BCUT2D eigenvalue weighted by Crippen LogP contribution is 2.24. The molecule has 2 rings (SSSR count). The first kappa shape index (κ1) is 16.8. The molecule has 6 heteroatoms. The molecule has 0 saturated carbocycles. The predicted molar refractivity (Wildman–Crippen MR) is 87.7 cm³/mol. The highest BCUT2D eigenvalue weighted by atomic mass is 79.9. The Balaban J connectivity index is 1.94. The van der Waals surface area contributed by atoms with E-state index in [1.54, 1.807) is 17.0 Å². The molecule has 120 valence electrons. The standard InChI is InChI=1S/C16H21BrN2O3/c1-10(2)15(21)18-12-5-7-19(8-6-12)16(22)13-4-3-11(17)9-14(13)20/h3-4,9-10,12,20H,5-8H2,1-2H3,(H,18,21). The van der Waals surface area contributed by atoms with Gasteiger partial charge in [0, 0.05) is 29.5 Å². The van der Waals surface area contributed by atoms with Crippen LogP contribution in [-0.2, 0) is 4.79 Å². The summed E-state index contributed by atoms with van der Waals surface area (Å²) >= 11 is 3.26. The molecule has 2 amide bonds. The fourth-order valence-corrected chi connectivity index (χ4v) is 2.80. The quantitative estimate of drug-likeness (QED) is 0.860. The van der Waals surface area contributed by atoms with Gasteiger partial charge in [0.25, 0.3) is 5.91 Å². The van der Waals surface area contributed by atoms with E-state index in [-0.39, 0.29) is 29.5 Å². The lowest BCUT2D eigenvalue weighted by Crippen LogP contribution is -2.47. The van der Waals surface area contributed by atoms with Crippen LogP contribution in [0.15, 0.2) is 22.7 Å². The van der Waals surface area contributed by atoms with Gasteiger partial charge in [-0.15, -0.1) is 0 Å². The molecule has 0 spiro atoms. The van der Waals surface area contributed by atoms with Gasteiger partial charge < -0.3 is 15.3 Å². The van der Waals surface area contributed by atoms with Crippen LogP contribution >= 0.6 is 15.9 Å². The van der Waals surface area contributed by atoms with Gasteiger partial charge in [0.05, 0.1) is 5.56 Å². The number of hydrogen-bond donors (Lipinski definition) is 2. The molecule has 2 N–H and O–H groups in total. The maximum atomic E-state index is 12.4. The normalized spacial score (nSPS) is 15.9. The van der Waals surface area contributed by atoms with E-state index >= 15 is 0 Å². The predicted octanol–water partition coefficient (Wildman–Crippen LogP) is 2.53. The Morgan fingerprint density at radius 2 is 1.95 bits per heavy atom. The number of hydrogen-bond acceptors (Lipinski definition) is 3. The summed E-state index contributed by atoms with van der Waals surface area (Å²) in [6.07, 6.45) is 1.48. The molecule has 1 aromatic carbocycles. The lowest BCUT2D eigenvalue weighted by molar-refractivity contribution is -0.124. The van der Waals surface area contributed by atoms with Crippen LogP contribution in [0.2, 0.25) is 0 Å². The number of carbonyl (C=O) groups is 2. The van der Waals surface area contributed by atoms with E-state index < -0.39 is 0 Å². The van der Waals surface area contributed by atoms with Crippen molar-refractivity contribution in [1.82, 2.24) is 10.2 Å². The fourth-order valence-electron chi connectivity index (χ4n) is 2.45. The third kappa shape index (κ3) is 4.00. The number of aromatic hydroxyl groups is 1. The van der Waals surface area contributed by atoms with Crippen molar-refractivity contribution in [3.8, 4) is 5.75 Å². The van der Waals surface area contributed by atoms with E-state index in [1.165, 1.54) is 6.07 Å². The number of benzene rings is 1. The molecule has 1 saturated heterocycles. The molecule has 0 unspecified atom stereocenters. The van der Waals surface area contributed by atoms with Crippen molar-refractivity contribution in [2.75, 3.05) is 13.1 Å². The first-order chi connectivity index (χ1) is 10.4. The maximum absolute atomic E-state index is 12.4. The van der Waals surface area contributed by atoms with Crippen molar-refractivity contribution in [3.63, 3.8) is 0 Å². The second-order valence-corrected chi connectivity index (χ2v) is 6.81. The molecule has 22 heavy (non-hydrogen) atoms. The van der Waals surface area contributed by atoms with E-state index in [9.17, 15) is 14.7 Å². The second kappa shape index (κ2) is 7.13. The first-order valence-electron chi connectivity index (χ1n) is 7.46. The van der Waals surface area contributed by atoms with Crippen LogP contribution in [0.25, 0.3) is 0 Å². The molecule has 0 bridgehead atoms. The van der Waals surface area contributed by atoms with Crippen LogP contribution in [0.1, 0.15) is 37.0 Å². The first-order valence-corrected chi connectivity index (χ1v) is 8.26.